The Hall–Kier alpha value is -1.82. The molecule has 6 nitrogen and oxygen atoms in total. The van der Waals surface area contributed by atoms with Gasteiger partial charge in [-0.05, 0) is 45.4 Å². The maximum Gasteiger partial charge on any atom is 0.333 e. The van der Waals surface area contributed by atoms with Gasteiger partial charge in [0.15, 0.2) is 5.75 Å². The molecule has 0 aromatic heterocycles. The lowest BCUT2D eigenvalue weighted by atomic mass is 10.2. The van der Waals surface area contributed by atoms with Gasteiger partial charge in [0, 0.05) is 12.6 Å². The van der Waals surface area contributed by atoms with Gasteiger partial charge in [0.05, 0.1) is 11.0 Å². The highest BCUT2D eigenvalue weighted by atomic mass is 16.6. The van der Waals surface area contributed by atoms with E-state index in [1.165, 1.54) is 0 Å². The van der Waals surface area contributed by atoms with Gasteiger partial charge in [0.2, 0.25) is 0 Å². The molecular formula is C14H21N3O3. The van der Waals surface area contributed by atoms with Crippen LogP contribution in [0.1, 0.15) is 26.7 Å². The maximum absolute atomic E-state index is 11.3. The first-order chi connectivity index (χ1) is 9.58. The van der Waals surface area contributed by atoms with Gasteiger partial charge in [0.1, 0.15) is 5.69 Å². The zero-order valence-corrected chi connectivity index (χ0v) is 11.9. The molecule has 20 heavy (non-hydrogen) atoms. The zero-order chi connectivity index (χ0) is 14.5. The Balaban J connectivity index is 2.15. The number of nitrogens with zero attached hydrogens (tertiary/aromatic N) is 1. The summed E-state index contributed by atoms with van der Waals surface area (Å²) in [6.45, 7) is 5.41. The summed E-state index contributed by atoms with van der Waals surface area (Å²) in [5.41, 5.74) is 0.529. The van der Waals surface area contributed by atoms with Gasteiger partial charge in [-0.3, -0.25) is 10.1 Å². The number of nitro benzene ring substituents is 1. The first-order valence-electron chi connectivity index (χ1n) is 6.99. The van der Waals surface area contributed by atoms with Crippen molar-refractivity contribution < 1.29 is 9.66 Å². The molecule has 1 heterocycles. The predicted molar refractivity (Wildman–Crippen MR) is 78.4 cm³/mol. The highest BCUT2D eigenvalue weighted by molar-refractivity contribution is 5.68. The molecule has 0 spiro atoms. The fraction of sp³-hybridized carbons (Fsp3) is 0.571. The predicted octanol–water partition coefficient (Wildman–Crippen LogP) is 2.55. The monoisotopic (exact) mass is 279 g/mol. The van der Waals surface area contributed by atoms with Crippen molar-refractivity contribution in [2.75, 3.05) is 18.4 Å². The normalized spacial score (nSPS) is 18.2. The number of ether oxygens (including phenoxy) is 1. The summed E-state index contributed by atoms with van der Waals surface area (Å²) in [6, 6.07) is 5.51. The summed E-state index contributed by atoms with van der Waals surface area (Å²) in [4.78, 5) is 10.9. The molecule has 0 saturated carbocycles. The summed E-state index contributed by atoms with van der Waals surface area (Å²) in [6.07, 6.45) is 2.16. The topological polar surface area (TPSA) is 76.4 Å². The highest BCUT2D eigenvalue weighted by Gasteiger charge is 2.22. The van der Waals surface area contributed by atoms with Crippen molar-refractivity contribution in [1.29, 1.82) is 0 Å². The van der Waals surface area contributed by atoms with E-state index in [2.05, 4.69) is 10.6 Å². The van der Waals surface area contributed by atoms with Crippen LogP contribution in [-0.4, -0.2) is 30.2 Å². The van der Waals surface area contributed by atoms with Crippen molar-refractivity contribution >= 4 is 11.4 Å². The first kappa shape index (κ1) is 14.6. The van der Waals surface area contributed by atoms with Crippen LogP contribution in [0.3, 0.4) is 0 Å². The van der Waals surface area contributed by atoms with Gasteiger partial charge < -0.3 is 15.4 Å². The highest BCUT2D eigenvalue weighted by Crippen LogP contribution is 2.35. The molecule has 1 aromatic carbocycles. The van der Waals surface area contributed by atoms with Crippen LogP contribution in [0, 0.1) is 10.1 Å². The minimum absolute atomic E-state index is 0.0131. The van der Waals surface area contributed by atoms with E-state index in [-0.39, 0.29) is 16.7 Å². The van der Waals surface area contributed by atoms with E-state index in [0.29, 0.717) is 24.0 Å². The standard InChI is InChI=1S/C14H21N3O3/c1-10(2)20-13-7-3-6-12(14(13)17(18)19)16-9-11-5-4-8-15-11/h3,6-7,10-11,15-16H,4-5,8-9H2,1-2H3. The molecule has 1 aliphatic heterocycles. The summed E-state index contributed by atoms with van der Waals surface area (Å²) in [5, 5.41) is 17.8. The Morgan fingerprint density at radius 1 is 1.55 bits per heavy atom. The van der Waals surface area contributed by atoms with Gasteiger partial charge in [-0.15, -0.1) is 0 Å². The third kappa shape index (κ3) is 3.60. The second-order valence-electron chi connectivity index (χ2n) is 5.25. The Labute approximate surface area is 118 Å². The number of nitro groups is 1. The van der Waals surface area contributed by atoms with Crippen LogP contribution >= 0.6 is 0 Å². The molecule has 0 radical (unpaired) electrons. The molecule has 1 aliphatic rings. The average Bonchev–Trinajstić information content (AvgIpc) is 2.88. The van der Waals surface area contributed by atoms with Crippen molar-refractivity contribution in [2.45, 2.75) is 38.8 Å². The van der Waals surface area contributed by atoms with E-state index in [9.17, 15) is 10.1 Å². The van der Waals surface area contributed by atoms with E-state index < -0.39 is 0 Å². The third-order valence-electron chi connectivity index (χ3n) is 3.25. The van der Waals surface area contributed by atoms with Gasteiger partial charge in [0.25, 0.3) is 0 Å². The maximum atomic E-state index is 11.3. The van der Waals surface area contributed by atoms with Gasteiger partial charge in [-0.25, -0.2) is 0 Å². The number of nitrogens with one attached hydrogen (secondary N) is 2. The molecule has 110 valence electrons. The van der Waals surface area contributed by atoms with E-state index >= 15 is 0 Å². The molecule has 0 amide bonds. The number of hydrogen-bond acceptors (Lipinski definition) is 5. The fourth-order valence-electron chi connectivity index (χ4n) is 2.37. The number of anilines is 1. The Morgan fingerprint density at radius 3 is 2.95 bits per heavy atom. The van der Waals surface area contributed by atoms with E-state index in [1.54, 1.807) is 18.2 Å². The molecular weight excluding hydrogens is 258 g/mol. The Kier molecular flexibility index (Phi) is 4.79. The molecule has 6 heteroatoms. The third-order valence-corrected chi connectivity index (χ3v) is 3.25. The number of hydrogen-bond donors (Lipinski definition) is 2. The summed E-state index contributed by atoms with van der Waals surface area (Å²) in [7, 11) is 0. The van der Waals surface area contributed by atoms with Gasteiger partial charge in [-0.2, -0.15) is 0 Å². The van der Waals surface area contributed by atoms with E-state index in [4.69, 9.17) is 4.74 Å². The fourth-order valence-corrected chi connectivity index (χ4v) is 2.37. The first-order valence-corrected chi connectivity index (χ1v) is 6.99. The molecule has 1 aromatic rings. The number of benzene rings is 1. The van der Waals surface area contributed by atoms with Crippen LogP contribution in [0.25, 0.3) is 0 Å². The average molecular weight is 279 g/mol. The molecule has 1 unspecified atom stereocenters. The molecule has 1 saturated heterocycles. The van der Waals surface area contributed by atoms with Crippen molar-refractivity contribution in [2.24, 2.45) is 0 Å². The van der Waals surface area contributed by atoms with Crippen molar-refractivity contribution in [3.8, 4) is 5.75 Å². The lowest BCUT2D eigenvalue weighted by Crippen LogP contribution is -2.29. The second kappa shape index (κ2) is 6.56. The molecule has 1 atom stereocenters. The van der Waals surface area contributed by atoms with Crippen molar-refractivity contribution in [3.05, 3.63) is 28.3 Å². The largest absolute Gasteiger partial charge is 0.484 e. The molecule has 0 bridgehead atoms. The summed E-state index contributed by atoms with van der Waals surface area (Å²) < 4.78 is 5.52. The van der Waals surface area contributed by atoms with Crippen LogP contribution in [0.4, 0.5) is 11.4 Å². The van der Waals surface area contributed by atoms with Gasteiger partial charge >= 0.3 is 5.69 Å². The zero-order valence-electron chi connectivity index (χ0n) is 11.9. The van der Waals surface area contributed by atoms with Crippen LogP contribution in [0.2, 0.25) is 0 Å². The molecule has 0 aliphatic carbocycles. The number of rotatable bonds is 6. The lowest BCUT2D eigenvalue weighted by Gasteiger charge is -2.15. The smallest absolute Gasteiger partial charge is 0.333 e. The lowest BCUT2D eigenvalue weighted by molar-refractivity contribution is -0.385. The van der Waals surface area contributed by atoms with E-state index in [1.807, 2.05) is 13.8 Å². The quantitative estimate of drug-likeness (QED) is 0.618. The van der Waals surface area contributed by atoms with Crippen LogP contribution < -0.4 is 15.4 Å². The summed E-state index contributed by atoms with van der Waals surface area (Å²) >= 11 is 0. The Morgan fingerprint density at radius 2 is 2.35 bits per heavy atom. The molecule has 2 N–H and O–H groups in total. The van der Waals surface area contributed by atoms with E-state index in [0.717, 1.165) is 19.4 Å². The van der Waals surface area contributed by atoms with Gasteiger partial charge in [-0.1, -0.05) is 6.07 Å². The SMILES string of the molecule is CC(C)Oc1cccc(NCC2CCCN2)c1[N+](=O)[O-]. The second-order valence-corrected chi connectivity index (χ2v) is 5.25. The van der Waals surface area contributed by atoms with Crippen LogP contribution in [-0.2, 0) is 0 Å². The minimum atomic E-state index is -0.387. The molecule has 1 fully saturated rings. The minimum Gasteiger partial charge on any atom is -0.484 e. The van der Waals surface area contributed by atoms with Crippen molar-refractivity contribution in [1.82, 2.24) is 5.32 Å². The number of para-hydroxylation sites is 1. The van der Waals surface area contributed by atoms with Crippen molar-refractivity contribution in [3.63, 3.8) is 0 Å². The molecule has 2 rings (SSSR count). The Bertz CT molecular complexity index is 471. The van der Waals surface area contributed by atoms with Crippen LogP contribution in [0.15, 0.2) is 18.2 Å². The summed E-state index contributed by atoms with van der Waals surface area (Å²) in [5.74, 6) is 0.314. The van der Waals surface area contributed by atoms with Crippen LogP contribution in [0.5, 0.6) is 5.75 Å².